The first-order valence-corrected chi connectivity index (χ1v) is 8.17. The van der Waals surface area contributed by atoms with Crippen LogP contribution in [0.3, 0.4) is 0 Å². The van der Waals surface area contributed by atoms with E-state index in [1.54, 1.807) is 27.7 Å². The van der Waals surface area contributed by atoms with Gasteiger partial charge in [0, 0.05) is 5.46 Å². The molecule has 0 spiro atoms. The van der Waals surface area contributed by atoms with Gasteiger partial charge in [-0.05, 0) is 33.8 Å². The van der Waals surface area contributed by atoms with Crippen LogP contribution in [0.25, 0.3) is 0 Å². The molecule has 0 N–H and O–H groups in total. The lowest BCUT2D eigenvalue weighted by Crippen LogP contribution is -2.41. The van der Waals surface area contributed by atoms with Gasteiger partial charge >= 0.3 is 17.3 Å². The smallest absolute Gasteiger partial charge is 0.399 e. The van der Waals surface area contributed by atoms with Gasteiger partial charge in [-0.15, -0.1) is 0 Å². The average molecular weight is 330 g/mol. The van der Waals surface area contributed by atoms with Gasteiger partial charge in [0.1, 0.15) is 4.90 Å². The molecule has 0 aliphatic carbocycles. The Hall–Kier alpha value is -0.795. The van der Waals surface area contributed by atoms with E-state index in [0.29, 0.717) is 6.07 Å². The third-order valence-electron chi connectivity index (χ3n) is 3.84. The van der Waals surface area contributed by atoms with Crippen LogP contribution in [0.15, 0.2) is 29.2 Å². The maximum atomic E-state index is 13.1. The minimum absolute atomic E-state index is 0.363. The van der Waals surface area contributed by atoms with E-state index in [1.807, 2.05) is 0 Å². The van der Waals surface area contributed by atoms with Crippen LogP contribution in [0, 0.1) is 0 Å². The highest BCUT2D eigenvalue weighted by molar-refractivity contribution is 8.46. The van der Waals surface area contributed by atoms with Gasteiger partial charge in [-0.2, -0.15) is 0 Å². The summed E-state index contributed by atoms with van der Waals surface area (Å²) >= 11 is 0. The van der Waals surface area contributed by atoms with Crippen LogP contribution >= 0.6 is 10.2 Å². The van der Waals surface area contributed by atoms with Gasteiger partial charge in [-0.25, -0.2) is 0 Å². The summed E-state index contributed by atoms with van der Waals surface area (Å²) < 4.78 is 76.6. The summed E-state index contributed by atoms with van der Waals surface area (Å²) in [5.41, 5.74) is -2.53. The highest BCUT2D eigenvalue weighted by Crippen LogP contribution is 3.01. The molecule has 1 aromatic rings. The molecule has 0 radical (unpaired) electrons. The molecular weight excluding hydrogens is 314 g/mol. The van der Waals surface area contributed by atoms with Crippen LogP contribution in [-0.2, 0) is 9.31 Å². The molecule has 2 rings (SSSR count). The fourth-order valence-electron chi connectivity index (χ4n) is 2.00. The van der Waals surface area contributed by atoms with Crippen LogP contribution in [0.5, 0.6) is 0 Å². The monoisotopic (exact) mass is 330 g/mol. The third-order valence-corrected chi connectivity index (χ3v) is 5.04. The van der Waals surface area contributed by atoms with Crippen LogP contribution in [0.4, 0.5) is 19.4 Å². The Morgan fingerprint density at radius 2 is 1.29 bits per heavy atom. The zero-order valence-electron chi connectivity index (χ0n) is 12.0. The van der Waals surface area contributed by atoms with Crippen molar-refractivity contribution in [2.45, 2.75) is 43.8 Å². The van der Waals surface area contributed by atoms with Gasteiger partial charge in [0.25, 0.3) is 0 Å². The number of hydrogen-bond acceptors (Lipinski definition) is 2. The first-order valence-electron chi connectivity index (χ1n) is 6.22. The molecule has 0 atom stereocenters. The third kappa shape index (κ3) is 3.05. The molecule has 2 nitrogen and oxygen atoms in total. The summed E-state index contributed by atoms with van der Waals surface area (Å²) in [4.78, 5) is -1.96. The first-order chi connectivity index (χ1) is 9.03. The quantitative estimate of drug-likeness (QED) is 0.581. The van der Waals surface area contributed by atoms with E-state index in [9.17, 15) is 19.4 Å². The molecule has 0 bridgehead atoms. The molecule has 1 aliphatic rings. The summed E-state index contributed by atoms with van der Waals surface area (Å²) in [6.45, 7) is 6.54. The molecule has 1 aliphatic heterocycles. The molecular formula is C12H16BF5O2S. The molecule has 0 saturated carbocycles. The minimum Gasteiger partial charge on any atom is -0.399 e. The van der Waals surface area contributed by atoms with E-state index in [-0.39, 0.29) is 0 Å². The standard InChI is InChI=1S/C12H16BF5O2S/c1-11(2)12(3,4)20-13(19-11)9-7-5-6-8-10(9)21(14,15,16,17)18/h5-8H,1-4H3. The van der Waals surface area contributed by atoms with Crippen molar-refractivity contribution in [3.05, 3.63) is 24.3 Å². The van der Waals surface area contributed by atoms with Crippen molar-refractivity contribution in [1.82, 2.24) is 0 Å². The van der Waals surface area contributed by atoms with E-state index in [1.165, 1.54) is 6.07 Å². The van der Waals surface area contributed by atoms with Crippen molar-refractivity contribution in [2.24, 2.45) is 0 Å². The van der Waals surface area contributed by atoms with E-state index >= 15 is 0 Å². The molecule has 0 unspecified atom stereocenters. The highest BCUT2D eigenvalue weighted by Gasteiger charge is 2.68. The maximum absolute atomic E-state index is 13.1. The van der Waals surface area contributed by atoms with E-state index in [4.69, 9.17) is 9.31 Å². The molecule has 21 heavy (non-hydrogen) atoms. The van der Waals surface area contributed by atoms with Crippen molar-refractivity contribution < 1.29 is 28.7 Å². The Bertz CT molecular complexity index is 569. The van der Waals surface area contributed by atoms with Crippen molar-refractivity contribution in [3.63, 3.8) is 0 Å². The summed E-state index contributed by atoms with van der Waals surface area (Å²) in [6.07, 6.45) is 0. The molecule has 1 saturated heterocycles. The fourth-order valence-corrected chi connectivity index (χ4v) is 2.94. The van der Waals surface area contributed by atoms with Gasteiger partial charge in [0.2, 0.25) is 0 Å². The van der Waals surface area contributed by atoms with Crippen molar-refractivity contribution in [2.75, 3.05) is 0 Å². The second-order valence-electron chi connectivity index (χ2n) is 6.10. The number of rotatable bonds is 2. The molecule has 0 aromatic heterocycles. The van der Waals surface area contributed by atoms with Crippen LogP contribution in [0.1, 0.15) is 27.7 Å². The molecule has 1 fully saturated rings. The number of benzene rings is 1. The van der Waals surface area contributed by atoms with Crippen molar-refractivity contribution >= 4 is 22.8 Å². The van der Waals surface area contributed by atoms with Crippen molar-refractivity contribution in [3.8, 4) is 0 Å². The Morgan fingerprint density at radius 1 is 0.857 bits per heavy atom. The molecule has 0 amide bonds. The van der Waals surface area contributed by atoms with Gasteiger partial charge in [0.15, 0.2) is 0 Å². The highest BCUT2D eigenvalue weighted by atomic mass is 32.5. The van der Waals surface area contributed by atoms with Crippen LogP contribution in [-0.4, -0.2) is 18.3 Å². The minimum atomic E-state index is -9.81. The van der Waals surface area contributed by atoms with Gasteiger partial charge < -0.3 is 9.31 Å². The fraction of sp³-hybridized carbons (Fsp3) is 0.500. The lowest BCUT2D eigenvalue weighted by molar-refractivity contribution is 0.00578. The predicted octanol–water partition coefficient (Wildman–Crippen LogP) is 4.64. The Morgan fingerprint density at radius 3 is 1.71 bits per heavy atom. The summed E-state index contributed by atoms with van der Waals surface area (Å²) in [5.74, 6) is 0. The molecule has 120 valence electrons. The number of halogens is 5. The van der Waals surface area contributed by atoms with E-state index in [0.717, 1.165) is 12.1 Å². The number of hydrogen-bond donors (Lipinski definition) is 0. The molecule has 1 aromatic carbocycles. The van der Waals surface area contributed by atoms with Crippen LogP contribution < -0.4 is 5.46 Å². The van der Waals surface area contributed by atoms with Crippen LogP contribution in [0.2, 0.25) is 0 Å². The Labute approximate surface area is 120 Å². The topological polar surface area (TPSA) is 18.5 Å². The van der Waals surface area contributed by atoms with E-state index in [2.05, 4.69) is 0 Å². The zero-order valence-corrected chi connectivity index (χ0v) is 12.8. The lowest BCUT2D eigenvalue weighted by Gasteiger charge is -2.42. The van der Waals surface area contributed by atoms with Gasteiger partial charge in [-0.1, -0.05) is 37.6 Å². The Kier molecular flexibility index (Phi) is 2.96. The lowest BCUT2D eigenvalue weighted by atomic mass is 9.79. The second-order valence-corrected chi connectivity index (χ2v) is 8.47. The van der Waals surface area contributed by atoms with E-state index < -0.39 is 38.9 Å². The van der Waals surface area contributed by atoms with Crippen molar-refractivity contribution in [1.29, 1.82) is 0 Å². The van der Waals surface area contributed by atoms with Gasteiger partial charge in [-0.3, -0.25) is 0 Å². The second kappa shape index (κ2) is 3.75. The summed E-state index contributed by atoms with van der Waals surface area (Å²) in [7, 11) is -11.3. The summed E-state index contributed by atoms with van der Waals surface area (Å²) in [6, 6.07) is 3.48. The zero-order chi connectivity index (χ0) is 16.4. The maximum Gasteiger partial charge on any atom is 0.496 e. The Balaban J connectivity index is 2.55. The first kappa shape index (κ1) is 16.6. The normalized spacial score (nSPS) is 24.5. The van der Waals surface area contributed by atoms with Gasteiger partial charge in [0.05, 0.1) is 11.2 Å². The molecule has 1 heterocycles. The largest absolute Gasteiger partial charge is 0.496 e. The molecule has 9 heteroatoms. The summed E-state index contributed by atoms with van der Waals surface area (Å²) in [5, 5.41) is 0. The average Bonchev–Trinajstić information content (AvgIpc) is 2.45. The predicted molar refractivity (Wildman–Crippen MR) is 73.6 cm³/mol. The SMILES string of the molecule is CC1(C)OB(c2ccccc2S(F)(F)(F)(F)F)OC1(C)C.